The van der Waals surface area contributed by atoms with Crippen molar-refractivity contribution in [2.75, 3.05) is 5.32 Å². The number of anilines is 1. The predicted octanol–water partition coefficient (Wildman–Crippen LogP) is 3.71. The zero-order valence-electron chi connectivity index (χ0n) is 13.7. The molecule has 1 aromatic heterocycles. The molecule has 0 saturated carbocycles. The van der Waals surface area contributed by atoms with Gasteiger partial charge in [-0.1, -0.05) is 12.1 Å². The Morgan fingerprint density at radius 3 is 2.30 bits per heavy atom. The highest BCUT2D eigenvalue weighted by Gasteiger charge is 2.16. The van der Waals surface area contributed by atoms with Crippen LogP contribution in [-0.4, -0.2) is 10.5 Å². The van der Waals surface area contributed by atoms with Gasteiger partial charge in [-0.05, 0) is 35.9 Å². The van der Waals surface area contributed by atoms with Crippen molar-refractivity contribution in [1.82, 2.24) is 4.57 Å². The Bertz CT molecular complexity index is 1060. The van der Waals surface area contributed by atoms with E-state index in [1.165, 1.54) is 41.1 Å². The van der Waals surface area contributed by atoms with Crippen LogP contribution >= 0.6 is 0 Å². The maximum absolute atomic E-state index is 13.7. The van der Waals surface area contributed by atoms with Gasteiger partial charge in [0.15, 0.2) is 17.5 Å². The second kappa shape index (κ2) is 7.45. The fourth-order valence-electron chi connectivity index (χ4n) is 2.39. The molecule has 27 heavy (non-hydrogen) atoms. The minimum Gasteiger partial charge on any atom is -0.319 e. The van der Waals surface area contributed by atoms with Crippen molar-refractivity contribution in [3.05, 3.63) is 99.5 Å². The third-order valence-corrected chi connectivity index (χ3v) is 3.80. The first-order chi connectivity index (χ1) is 12.8. The van der Waals surface area contributed by atoms with Crippen LogP contribution in [0.2, 0.25) is 0 Å². The molecule has 0 fully saturated rings. The highest BCUT2D eigenvalue weighted by molar-refractivity contribution is 6.04. The summed E-state index contributed by atoms with van der Waals surface area (Å²) in [5, 5.41) is 2.13. The fourth-order valence-corrected chi connectivity index (χ4v) is 2.39. The monoisotopic (exact) mass is 376 g/mol. The molecule has 0 unspecified atom stereocenters. The van der Waals surface area contributed by atoms with Crippen LogP contribution in [0.15, 0.2) is 59.5 Å². The summed E-state index contributed by atoms with van der Waals surface area (Å²) in [6.45, 7) is 0.0831. The van der Waals surface area contributed by atoms with E-state index in [4.69, 9.17) is 0 Å². The lowest BCUT2D eigenvalue weighted by molar-refractivity contribution is 0.102. The molecule has 1 N–H and O–H groups in total. The zero-order chi connectivity index (χ0) is 19.6. The zero-order valence-corrected chi connectivity index (χ0v) is 13.7. The number of amides is 1. The quantitative estimate of drug-likeness (QED) is 0.558. The van der Waals surface area contributed by atoms with Crippen molar-refractivity contribution in [3.8, 4) is 0 Å². The number of rotatable bonds is 4. The molecule has 4 nitrogen and oxygen atoms in total. The maximum Gasteiger partial charge on any atom is 0.257 e. The Labute approximate surface area is 150 Å². The van der Waals surface area contributed by atoms with Gasteiger partial charge in [0.1, 0.15) is 5.82 Å². The number of nitrogens with zero attached hydrogens (tertiary/aromatic N) is 1. The molecule has 2 aromatic carbocycles. The van der Waals surface area contributed by atoms with Crippen LogP contribution in [0, 0.1) is 23.3 Å². The lowest BCUT2D eigenvalue weighted by atomic mass is 10.2. The highest BCUT2D eigenvalue weighted by Crippen LogP contribution is 2.20. The van der Waals surface area contributed by atoms with Crippen molar-refractivity contribution < 1.29 is 22.4 Å². The third-order valence-electron chi connectivity index (χ3n) is 3.80. The number of carbonyl (C=O) groups excluding carboxylic acids is 1. The third kappa shape index (κ3) is 4.05. The normalized spacial score (nSPS) is 10.7. The van der Waals surface area contributed by atoms with Crippen LogP contribution in [0.3, 0.4) is 0 Å². The summed E-state index contributed by atoms with van der Waals surface area (Å²) in [6.07, 6.45) is 1.23. The molecule has 0 atom stereocenters. The molecule has 0 aliphatic heterocycles. The van der Waals surface area contributed by atoms with E-state index in [2.05, 4.69) is 5.32 Å². The predicted molar refractivity (Wildman–Crippen MR) is 90.5 cm³/mol. The maximum atomic E-state index is 13.7. The van der Waals surface area contributed by atoms with Crippen LogP contribution in [0.5, 0.6) is 0 Å². The van der Waals surface area contributed by atoms with Crippen molar-refractivity contribution in [2.24, 2.45) is 0 Å². The number of halogens is 4. The van der Waals surface area contributed by atoms with Gasteiger partial charge < -0.3 is 9.88 Å². The number of hydrogen-bond acceptors (Lipinski definition) is 2. The van der Waals surface area contributed by atoms with Gasteiger partial charge >= 0.3 is 0 Å². The number of nitrogens with one attached hydrogen (secondary N) is 1. The molecule has 0 saturated heterocycles. The molecule has 3 aromatic rings. The van der Waals surface area contributed by atoms with Crippen molar-refractivity contribution in [1.29, 1.82) is 0 Å². The summed E-state index contributed by atoms with van der Waals surface area (Å²) in [7, 11) is 0. The summed E-state index contributed by atoms with van der Waals surface area (Å²) in [5.74, 6) is -5.84. The van der Waals surface area contributed by atoms with E-state index < -0.39 is 40.4 Å². The SMILES string of the molecule is O=C(Nc1ccc(F)c(F)c1F)c1ccc(=O)n(Cc2ccc(F)cc2)c1. The lowest BCUT2D eigenvalue weighted by Gasteiger charge is -2.10. The van der Waals surface area contributed by atoms with Gasteiger partial charge in [0.05, 0.1) is 17.8 Å². The van der Waals surface area contributed by atoms with Crippen molar-refractivity contribution in [2.45, 2.75) is 6.54 Å². The Morgan fingerprint density at radius 1 is 0.889 bits per heavy atom. The number of carbonyl (C=O) groups is 1. The van der Waals surface area contributed by atoms with Gasteiger partial charge in [0.25, 0.3) is 11.5 Å². The minimum absolute atomic E-state index is 0.000782. The van der Waals surface area contributed by atoms with Gasteiger partial charge in [0.2, 0.25) is 0 Å². The molecular formula is C19H12F4N2O2. The van der Waals surface area contributed by atoms with Crippen LogP contribution in [0.1, 0.15) is 15.9 Å². The standard InChI is InChI=1S/C19H12F4N2O2/c20-13-4-1-11(2-5-13)9-25-10-12(3-8-16(25)26)19(27)24-15-7-6-14(21)17(22)18(15)23/h1-8,10H,9H2,(H,24,27). The van der Waals surface area contributed by atoms with E-state index in [1.54, 1.807) is 0 Å². The van der Waals surface area contributed by atoms with Crippen molar-refractivity contribution in [3.63, 3.8) is 0 Å². The Morgan fingerprint density at radius 2 is 1.59 bits per heavy atom. The first-order valence-corrected chi connectivity index (χ1v) is 7.75. The van der Waals surface area contributed by atoms with E-state index in [-0.39, 0.29) is 12.1 Å². The van der Waals surface area contributed by atoms with Crippen LogP contribution in [0.4, 0.5) is 23.2 Å². The average molecular weight is 376 g/mol. The number of pyridine rings is 1. The summed E-state index contributed by atoms with van der Waals surface area (Å²) in [5.41, 5.74) is -0.311. The Hall–Kier alpha value is -3.42. The van der Waals surface area contributed by atoms with Gasteiger partial charge in [-0.3, -0.25) is 9.59 Å². The second-order valence-electron chi connectivity index (χ2n) is 5.69. The largest absolute Gasteiger partial charge is 0.319 e. The first-order valence-electron chi connectivity index (χ1n) is 7.75. The molecule has 3 rings (SSSR count). The van der Waals surface area contributed by atoms with Crippen LogP contribution in [-0.2, 0) is 6.54 Å². The Kier molecular flexibility index (Phi) is 5.07. The fraction of sp³-hybridized carbons (Fsp3) is 0.0526. The molecular weight excluding hydrogens is 364 g/mol. The van der Waals surface area contributed by atoms with E-state index in [1.807, 2.05) is 0 Å². The summed E-state index contributed by atoms with van der Waals surface area (Å²) >= 11 is 0. The van der Waals surface area contributed by atoms with Gasteiger partial charge in [-0.25, -0.2) is 17.6 Å². The minimum atomic E-state index is -1.70. The van der Waals surface area contributed by atoms with E-state index in [9.17, 15) is 27.2 Å². The summed E-state index contributed by atoms with van der Waals surface area (Å²) < 4.78 is 54.1. The average Bonchev–Trinajstić information content (AvgIpc) is 2.65. The molecule has 138 valence electrons. The van der Waals surface area contributed by atoms with Gasteiger partial charge in [0, 0.05) is 12.3 Å². The molecule has 8 heteroatoms. The van der Waals surface area contributed by atoms with Crippen LogP contribution in [0.25, 0.3) is 0 Å². The van der Waals surface area contributed by atoms with Crippen molar-refractivity contribution >= 4 is 11.6 Å². The molecule has 0 spiro atoms. The second-order valence-corrected chi connectivity index (χ2v) is 5.69. The van der Waals surface area contributed by atoms with E-state index in [0.717, 1.165) is 12.1 Å². The molecule has 0 aliphatic carbocycles. The Balaban J connectivity index is 1.85. The topological polar surface area (TPSA) is 51.1 Å². The highest BCUT2D eigenvalue weighted by atomic mass is 19.2. The number of benzene rings is 2. The molecule has 1 heterocycles. The van der Waals surface area contributed by atoms with E-state index >= 15 is 0 Å². The smallest absolute Gasteiger partial charge is 0.257 e. The summed E-state index contributed by atoms with van der Waals surface area (Å²) in [4.78, 5) is 24.2. The summed E-state index contributed by atoms with van der Waals surface area (Å²) in [6, 6.07) is 9.39. The van der Waals surface area contributed by atoms with Crippen LogP contribution < -0.4 is 10.9 Å². The number of aromatic nitrogens is 1. The van der Waals surface area contributed by atoms with Gasteiger partial charge in [-0.2, -0.15) is 0 Å². The van der Waals surface area contributed by atoms with Gasteiger partial charge in [-0.15, -0.1) is 0 Å². The first kappa shape index (κ1) is 18.4. The molecule has 0 bridgehead atoms. The molecule has 1 amide bonds. The van der Waals surface area contributed by atoms with E-state index in [0.29, 0.717) is 11.6 Å². The molecule has 0 aliphatic rings. The molecule has 0 radical (unpaired) electrons. The lowest BCUT2D eigenvalue weighted by Crippen LogP contribution is -2.23. The number of hydrogen-bond donors (Lipinski definition) is 1.